The first-order chi connectivity index (χ1) is 10.7. The van der Waals surface area contributed by atoms with Gasteiger partial charge in [-0.05, 0) is 25.6 Å². The quantitative estimate of drug-likeness (QED) is 0.867. The fraction of sp³-hybridized carbons (Fsp3) is 0.500. The lowest BCUT2D eigenvalue weighted by Gasteiger charge is -2.20. The molecule has 0 bridgehead atoms. The monoisotopic (exact) mass is 321 g/mol. The summed E-state index contributed by atoms with van der Waals surface area (Å²) in [6.07, 6.45) is 1.62. The Morgan fingerprint density at radius 3 is 2.91 bits per heavy atom. The van der Waals surface area contributed by atoms with Gasteiger partial charge in [-0.2, -0.15) is 0 Å². The Morgan fingerprint density at radius 1 is 1.36 bits per heavy atom. The maximum atomic E-state index is 12.8. The summed E-state index contributed by atoms with van der Waals surface area (Å²) in [6.45, 7) is 7.32. The fourth-order valence-electron chi connectivity index (χ4n) is 3.10. The van der Waals surface area contributed by atoms with Crippen LogP contribution in [0, 0.1) is 0 Å². The molecule has 6 heteroatoms. The summed E-state index contributed by atoms with van der Waals surface area (Å²) in [5.41, 5.74) is 0.504. The van der Waals surface area contributed by atoms with Gasteiger partial charge >= 0.3 is 0 Å². The van der Waals surface area contributed by atoms with Gasteiger partial charge in [-0.15, -0.1) is 0 Å². The van der Waals surface area contributed by atoms with Gasteiger partial charge in [0.05, 0.1) is 34.4 Å². The number of aromatic nitrogens is 2. The Morgan fingerprint density at radius 2 is 2.18 bits per heavy atom. The van der Waals surface area contributed by atoms with Gasteiger partial charge in [0.2, 0.25) is 0 Å². The topological polar surface area (TPSA) is 47.4 Å². The summed E-state index contributed by atoms with van der Waals surface area (Å²) in [6, 6.07) is 5.29. The number of halogens is 1. The second-order valence-electron chi connectivity index (χ2n) is 5.51. The minimum atomic E-state index is -0.0554. The van der Waals surface area contributed by atoms with Crippen molar-refractivity contribution in [1.82, 2.24) is 14.5 Å². The summed E-state index contributed by atoms with van der Waals surface area (Å²) in [4.78, 5) is 19.5. The molecule has 1 aliphatic heterocycles. The van der Waals surface area contributed by atoms with E-state index >= 15 is 0 Å². The zero-order chi connectivity index (χ0) is 15.7. The average Bonchev–Trinajstić information content (AvgIpc) is 2.92. The highest BCUT2D eigenvalue weighted by atomic mass is 35.5. The second-order valence-corrected chi connectivity index (χ2v) is 5.91. The molecule has 2 aromatic rings. The van der Waals surface area contributed by atoms with Gasteiger partial charge in [0.1, 0.15) is 0 Å². The number of likely N-dealkylation sites (N-methyl/N-ethyl adjacent to an activating group) is 1. The highest BCUT2D eigenvalue weighted by Gasteiger charge is 2.34. The van der Waals surface area contributed by atoms with E-state index in [0.29, 0.717) is 22.5 Å². The van der Waals surface area contributed by atoms with Gasteiger partial charge in [-0.1, -0.05) is 24.6 Å². The molecule has 2 atom stereocenters. The molecular weight excluding hydrogens is 302 g/mol. The lowest BCUT2D eigenvalue weighted by molar-refractivity contribution is 0.0452. The average molecular weight is 322 g/mol. The van der Waals surface area contributed by atoms with E-state index in [4.69, 9.17) is 16.3 Å². The number of rotatable bonds is 4. The molecule has 1 saturated heterocycles. The van der Waals surface area contributed by atoms with Gasteiger partial charge < -0.3 is 4.74 Å². The molecule has 5 nitrogen and oxygen atoms in total. The van der Waals surface area contributed by atoms with Crippen LogP contribution >= 0.6 is 11.6 Å². The van der Waals surface area contributed by atoms with Crippen LogP contribution in [0.4, 0.5) is 0 Å². The van der Waals surface area contributed by atoms with Gasteiger partial charge in [-0.25, -0.2) is 4.98 Å². The smallest absolute Gasteiger partial charge is 0.261 e. The third-order valence-corrected chi connectivity index (χ3v) is 4.57. The molecule has 3 rings (SSSR count). The number of likely N-dealkylation sites (tertiary alicyclic amines) is 1. The van der Waals surface area contributed by atoms with E-state index in [0.717, 1.165) is 19.6 Å². The molecule has 0 N–H and O–H groups in total. The summed E-state index contributed by atoms with van der Waals surface area (Å²) >= 11 is 6.12. The van der Waals surface area contributed by atoms with Crippen molar-refractivity contribution >= 4 is 22.5 Å². The Hall–Kier alpha value is -1.43. The Bertz CT molecular complexity index is 731. The molecule has 2 heterocycles. The molecule has 22 heavy (non-hydrogen) atoms. The van der Waals surface area contributed by atoms with Crippen molar-refractivity contribution in [2.75, 3.05) is 26.2 Å². The molecule has 1 aromatic carbocycles. The predicted molar refractivity (Wildman–Crippen MR) is 87.6 cm³/mol. The number of para-hydroxylation sites is 1. The highest BCUT2D eigenvalue weighted by Crippen LogP contribution is 2.25. The van der Waals surface area contributed by atoms with Gasteiger partial charge in [0.25, 0.3) is 5.56 Å². The number of hydrogen-bond donors (Lipinski definition) is 0. The van der Waals surface area contributed by atoms with Gasteiger partial charge in [0.15, 0.2) is 0 Å². The molecular formula is C16H20ClN3O2. The Labute approximate surface area is 134 Å². The Balaban J connectivity index is 2.05. The van der Waals surface area contributed by atoms with Crippen molar-refractivity contribution in [2.24, 2.45) is 0 Å². The van der Waals surface area contributed by atoms with Crippen molar-refractivity contribution in [3.05, 3.63) is 39.9 Å². The minimum absolute atomic E-state index is 0.0109. The molecule has 0 amide bonds. The zero-order valence-corrected chi connectivity index (χ0v) is 13.6. The molecule has 118 valence electrons. The number of hydrogen-bond acceptors (Lipinski definition) is 4. The second kappa shape index (κ2) is 6.36. The first-order valence-electron chi connectivity index (χ1n) is 7.65. The van der Waals surface area contributed by atoms with Crippen LogP contribution in [-0.2, 0) is 4.74 Å². The molecule has 0 spiro atoms. The number of nitrogens with zero attached hydrogens (tertiary/aromatic N) is 3. The number of ether oxygens (including phenoxy) is 1. The van der Waals surface area contributed by atoms with Gasteiger partial charge in [0, 0.05) is 19.7 Å². The summed E-state index contributed by atoms with van der Waals surface area (Å²) in [5.74, 6) is 0. The molecule has 0 radical (unpaired) electrons. The lowest BCUT2D eigenvalue weighted by atomic mass is 10.2. The van der Waals surface area contributed by atoms with Crippen molar-refractivity contribution in [3.63, 3.8) is 0 Å². The molecule has 0 aliphatic carbocycles. The molecule has 1 fully saturated rings. The summed E-state index contributed by atoms with van der Waals surface area (Å²) in [7, 11) is 0. The molecule has 1 aliphatic rings. The van der Waals surface area contributed by atoms with E-state index in [9.17, 15) is 4.79 Å². The largest absolute Gasteiger partial charge is 0.375 e. The summed E-state index contributed by atoms with van der Waals surface area (Å²) < 4.78 is 7.54. The fourth-order valence-corrected chi connectivity index (χ4v) is 3.33. The third kappa shape index (κ3) is 2.64. The predicted octanol–water partition coefficient (Wildman–Crippen LogP) is 2.33. The van der Waals surface area contributed by atoms with Crippen molar-refractivity contribution in [2.45, 2.75) is 26.0 Å². The first kappa shape index (κ1) is 15.5. The first-order valence-corrected chi connectivity index (χ1v) is 8.02. The van der Waals surface area contributed by atoms with E-state index < -0.39 is 0 Å². The molecule has 0 unspecified atom stereocenters. The lowest BCUT2D eigenvalue weighted by Crippen LogP contribution is -2.33. The standard InChI is InChI=1S/C16H20ClN3O2/c1-3-19-8-13(14(9-19)22-4-2)20-10-18-15-11(16(20)21)6-5-7-12(15)17/h5-7,10,13-14H,3-4,8-9H2,1-2H3/t13-,14-/m0/s1. The number of benzene rings is 1. The Kier molecular flexibility index (Phi) is 4.47. The zero-order valence-electron chi connectivity index (χ0n) is 12.8. The van der Waals surface area contributed by atoms with Crippen LogP contribution in [0.2, 0.25) is 5.02 Å². The van der Waals surface area contributed by atoms with Crippen molar-refractivity contribution in [1.29, 1.82) is 0 Å². The molecule has 1 aromatic heterocycles. The van der Waals surface area contributed by atoms with E-state index in [2.05, 4.69) is 16.8 Å². The van der Waals surface area contributed by atoms with Crippen LogP contribution in [0.25, 0.3) is 10.9 Å². The minimum Gasteiger partial charge on any atom is -0.375 e. The third-order valence-electron chi connectivity index (χ3n) is 4.26. The maximum absolute atomic E-state index is 12.8. The normalized spacial score (nSPS) is 22.5. The molecule has 0 saturated carbocycles. The van der Waals surface area contributed by atoms with Crippen LogP contribution < -0.4 is 5.56 Å². The van der Waals surface area contributed by atoms with Crippen molar-refractivity contribution in [3.8, 4) is 0 Å². The summed E-state index contributed by atoms with van der Waals surface area (Å²) in [5, 5.41) is 1.06. The SMILES string of the molecule is CCO[C@H]1CN(CC)C[C@@H]1n1cnc2c(Cl)cccc2c1=O. The number of fused-ring (bicyclic) bond motifs is 1. The van der Waals surface area contributed by atoms with E-state index in [-0.39, 0.29) is 17.7 Å². The highest BCUT2D eigenvalue weighted by molar-refractivity contribution is 6.34. The van der Waals surface area contributed by atoms with Crippen LogP contribution in [0.5, 0.6) is 0 Å². The van der Waals surface area contributed by atoms with E-state index in [1.165, 1.54) is 0 Å². The van der Waals surface area contributed by atoms with Crippen LogP contribution in [0.1, 0.15) is 19.9 Å². The maximum Gasteiger partial charge on any atom is 0.261 e. The van der Waals surface area contributed by atoms with Crippen LogP contribution in [-0.4, -0.2) is 46.8 Å². The van der Waals surface area contributed by atoms with Gasteiger partial charge in [-0.3, -0.25) is 14.3 Å². The van der Waals surface area contributed by atoms with Crippen molar-refractivity contribution < 1.29 is 4.74 Å². The van der Waals surface area contributed by atoms with E-state index in [1.54, 1.807) is 29.1 Å². The van der Waals surface area contributed by atoms with Crippen LogP contribution in [0.15, 0.2) is 29.3 Å². The van der Waals surface area contributed by atoms with E-state index in [1.807, 2.05) is 6.92 Å². The van der Waals surface area contributed by atoms with Crippen LogP contribution in [0.3, 0.4) is 0 Å².